The molecule has 0 amide bonds. The molecule has 0 saturated heterocycles. The van der Waals surface area contributed by atoms with Crippen LogP contribution in [0.3, 0.4) is 0 Å². The molecule has 0 radical (unpaired) electrons. The van der Waals surface area contributed by atoms with E-state index in [2.05, 4.69) is 10.1 Å². The molecule has 0 aliphatic carbocycles. The summed E-state index contributed by atoms with van der Waals surface area (Å²) in [6.45, 7) is 5.35. The number of rotatable bonds is 4. The summed E-state index contributed by atoms with van der Waals surface area (Å²) < 4.78 is 3.12. The number of hydrogen-bond donors (Lipinski definition) is 1. The molecule has 21 heavy (non-hydrogen) atoms. The van der Waals surface area contributed by atoms with E-state index in [1.54, 1.807) is 31.8 Å². The van der Waals surface area contributed by atoms with Crippen molar-refractivity contribution >= 4 is 5.97 Å². The van der Waals surface area contributed by atoms with Crippen molar-refractivity contribution in [3.05, 3.63) is 39.3 Å². The van der Waals surface area contributed by atoms with Gasteiger partial charge in [-0.3, -0.25) is 14.0 Å². The number of aliphatic carboxylic acids is 1. The fourth-order valence-electron chi connectivity index (χ4n) is 2.49. The average Bonchev–Trinajstić information content (AvgIpc) is 2.67. The van der Waals surface area contributed by atoms with Crippen LogP contribution in [0.25, 0.3) is 5.69 Å². The van der Waals surface area contributed by atoms with E-state index in [0.717, 1.165) is 11.3 Å². The highest BCUT2D eigenvalue weighted by atomic mass is 16.4. The lowest BCUT2D eigenvalue weighted by Gasteiger charge is -2.14. The molecular weight excluding hydrogens is 272 g/mol. The minimum atomic E-state index is -0.871. The number of hydrogen-bond acceptors (Lipinski definition) is 4. The number of nitrogens with zero attached hydrogens (tertiary/aromatic N) is 4. The van der Waals surface area contributed by atoms with E-state index in [9.17, 15) is 9.59 Å². The molecule has 2 heterocycles. The first-order valence-electron chi connectivity index (χ1n) is 6.62. The molecule has 0 aliphatic rings. The zero-order valence-electron chi connectivity index (χ0n) is 12.5. The van der Waals surface area contributed by atoms with Crippen LogP contribution in [0, 0.1) is 20.8 Å². The van der Waals surface area contributed by atoms with E-state index in [0.29, 0.717) is 23.5 Å². The fraction of sp³-hybridized carbons (Fsp3) is 0.429. The first-order valence-corrected chi connectivity index (χ1v) is 6.62. The SMILES string of the molecule is Cc1nn(C)cc1-n1c(C)c(CCC(=O)O)c(C)nc1=O. The lowest BCUT2D eigenvalue weighted by atomic mass is 10.1. The Morgan fingerprint density at radius 2 is 1.95 bits per heavy atom. The Balaban J connectivity index is 2.61. The smallest absolute Gasteiger partial charge is 0.352 e. The van der Waals surface area contributed by atoms with Crippen molar-refractivity contribution in [3.63, 3.8) is 0 Å². The van der Waals surface area contributed by atoms with Crippen molar-refractivity contribution in [2.75, 3.05) is 0 Å². The molecule has 0 aliphatic heterocycles. The summed E-state index contributed by atoms with van der Waals surface area (Å²) in [5.74, 6) is -0.871. The van der Waals surface area contributed by atoms with E-state index in [1.807, 2.05) is 6.92 Å². The third-order valence-corrected chi connectivity index (χ3v) is 3.48. The Hall–Kier alpha value is -2.44. The third-order valence-electron chi connectivity index (χ3n) is 3.48. The zero-order chi connectivity index (χ0) is 15.7. The van der Waals surface area contributed by atoms with Crippen LogP contribution in [-0.2, 0) is 18.3 Å². The van der Waals surface area contributed by atoms with Gasteiger partial charge in [-0.05, 0) is 32.8 Å². The van der Waals surface area contributed by atoms with Gasteiger partial charge in [-0.1, -0.05) is 0 Å². The van der Waals surface area contributed by atoms with Crippen molar-refractivity contribution in [2.24, 2.45) is 7.05 Å². The summed E-state index contributed by atoms with van der Waals surface area (Å²) in [7, 11) is 1.78. The molecule has 7 heteroatoms. The van der Waals surface area contributed by atoms with Crippen LogP contribution >= 0.6 is 0 Å². The monoisotopic (exact) mass is 290 g/mol. The second kappa shape index (κ2) is 5.51. The summed E-state index contributed by atoms with van der Waals surface area (Å²) in [5.41, 5.74) is 3.10. The van der Waals surface area contributed by atoms with Crippen molar-refractivity contribution in [2.45, 2.75) is 33.6 Å². The van der Waals surface area contributed by atoms with E-state index >= 15 is 0 Å². The minimum absolute atomic E-state index is 0.00753. The maximum absolute atomic E-state index is 12.2. The van der Waals surface area contributed by atoms with E-state index in [1.165, 1.54) is 4.57 Å². The first kappa shape index (κ1) is 15.0. The maximum atomic E-state index is 12.2. The summed E-state index contributed by atoms with van der Waals surface area (Å²) >= 11 is 0. The molecule has 0 aromatic carbocycles. The largest absolute Gasteiger partial charge is 0.481 e. The molecule has 1 N–H and O–H groups in total. The molecule has 112 valence electrons. The van der Waals surface area contributed by atoms with Crippen LogP contribution in [0.15, 0.2) is 11.0 Å². The summed E-state index contributed by atoms with van der Waals surface area (Å²) in [6, 6.07) is 0. The molecule has 0 spiro atoms. The van der Waals surface area contributed by atoms with Gasteiger partial charge in [-0.15, -0.1) is 0 Å². The quantitative estimate of drug-likeness (QED) is 0.904. The second-order valence-electron chi connectivity index (χ2n) is 5.05. The van der Waals surface area contributed by atoms with Gasteiger partial charge in [0.1, 0.15) is 0 Å². The molecule has 2 aromatic rings. The van der Waals surface area contributed by atoms with Crippen LogP contribution in [0.5, 0.6) is 0 Å². The highest BCUT2D eigenvalue weighted by Gasteiger charge is 2.16. The van der Waals surface area contributed by atoms with Crippen LogP contribution in [0.4, 0.5) is 0 Å². The van der Waals surface area contributed by atoms with Crippen molar-refractivity contribution in [1.82, 2.24) is 19.3 Å². The highest BCUT2D eigenvalue weighted by molar-refractivity contribution is 5.67. The standard InChI is InChI=1S/C14H18N4O3/c1-8-11(5-6-13(19)20)10(3)18(14(21)15-8)12-7-17(4)16-9(12)2/h7H,5-6H2,1-4H3,(H,19,20). The zero-order valence-corrected chi connectivity index (χ0v) is 12.5. The second-order valence-corrected chi connectivity index (χ2v) is 5.05. The predicted molar refractivity (Wildman–Crippen MR) is 76.8 cm³/mol. The van der Waals surface area contributed by atoms with E-state index in [-0.39, 0.29) is 12.1 Å². The summed E-state index contributed by atoms with van der Waals surface area (Å²) in [6.07, 6.45) is 2.11. The molecule has 0 atom stereocenters. The maximum Gasteiger partial charge on any atom is 0.352 e. The van der Waals surface area contributed by atoms with Gasteiger partial charge < -0.3 is 5.11 Å². The van der Waals surface area contributed by atoms with Crippen molar-refractivity contribution in [1.29, 1.82) is 0 Å². The van der Waals surface area contributed by atoms with Gasteiger partial charge in [0.05, 0.1) is 11.4 Å². The highest BCUT2D eigenvalue weighted by Crippen LogP contribution is 2.17. The van der Waals surface area contributed by atoms with Gasteiger partial charge in [0.25, 0.3) is 0 Å². The molecule has 2 rings (SSSR count). The number of carbonyl (C=O) groups is 1. The number of aryl methyl sites for hydroxylation is 3. The Morgan fingerprint density at radius 3 is 2.48 bits per heavy atom. The Kier molecular flexibility index (Phi) is 3.93. The topological polar surface area (TPSA) is 90.0 Å². The number of carboxylic acid groups (broad SMARTS) is 1. The van der Waals surface area contributed by atoms with Gasteiger partial charge in [0, 0.05) is 31.1 Å². The molecule has 7 nitrogen and oxygen atoms in total. The normalized spacial score (nSPS) is 10.9. The summed E-state index contributed by atoms with van der Waals surface area (Å²) in [4.78, 5) is 27.0. The van der Waals surface area contributed by atoms with E-state index in [4.69, 9.17) is 5.11 Å². The van der Waals surface area contributed by atoms with Gasteiger partial charge in [0.15, 0.2) is 0 Å². The molecular formula is C14H18N4O3. The van der Waals surface area contributed by atoms with Gasteiger partial charge in [-0.25, -0.2) is 4.79 Å². The van der Waals surface area contributed by atoms with Gasteiger partial charge >= 0.3 is 11.7 Å². The van der Waals surface area contributed by atoms with Crippen LogP contribution in [0.2, 0.25) is 0 Å². The lowest BCUT2D eigenvalue weighted by Crippen LogP contribution is -2.27. The van der Waals surface area contributed by atoms with Gasteiger partial charge in [0.2, 0.25) is 0 Å². The van der Waals surface area contributed by atoms with Crippen LogP contribution < -0.4 is 5.69 Å². The third kappa shape index (κ3) is 2.86. The molecule has 0 fully saturated rings. The van der Waals surface area contributed by atoms with Crippen molar-refractivity contribution in [3.8, 4) is 5.69 Å². The Bertz CT molecular complexity index is 758. The van der Waals surface area contributed by atoms with E-state index < -0.39 is 5.97 Å². The molecule has 0 bridgehead atoms. The summed E-state index contributed by atoms with van der Waals surface area (Å²) in [5, 5.41) is 13.1. The number of aromatic nitrogens is 4. The number of carboxylic acids is 1. The molecule has 0 unspecified atom stereocenters. The van der Waals surface area contributed by atoms with Crippen LogP contribution in [0.1, 0.15) is 29.1 Å². The first-order chi connectivity index (χ1) is 9.81. The van der Waals surface area contributed by atoms with Crippen LogP contribution in [-0.4, -0.2) is 30.4 Å². The fourth-order valence-corrected chi connectivity index (χ4v) is 2.49. The Morgan fingerprint density at radius 1 is 1.29 bits per heavy atom. The molecule has 2 aromatic heterocycles. The minimum Gasteiger partial charge on any atom is -0.481 e. The Labute approximate surface area is 121 Å². The van der Waals surface area contributed by atoms with Crippen molar-refractivity contribution < 1.29 is 9.90 Å². The lowest BCUT2D eigenvalue weighted by molar-refractivity contribution is -0.136. The van der Waals surface area contributed by atoms with Gasteiger partial charge in [-0.2, -0.15) is 10.1 Å². The average molecular weight is 290 g/mol. The molecule has 0 saturated carbocycles. The predicted octanol–water partition coefficient (Wildman–Crippen LogP) is 0.908.